The summed E-state index contributed by atoms with van der Waals surface area (Å²) in [5, 5.41) is 0. The van der Waals surface area contributed by atoms with Gasteiger partial charge in [-0.25, -0.2) is 0 Å². The average molecular weight is 548 g/mol. The maximum absolute atomic E-state index is 12.2. The van der Waals surface area contributed by atoms with Gasteiger partial charge in [0, 0.05) is 36.6 Å². The minimum absolute atomic E-state index is 0.0453. The highest BCUT2D eigenvalue weighted by atomic mass is 16.7. The van der Waals surface area contributed by atoms with Crippen molar-refractivity contribution in [3.63, 3.8) is 0 Å². The smallest absolute Gasteiger partial charge is 0.305 e. The molecular formula is C33H59N2O4+. The van der Waals surface area contributed by atoms with Gasteiger partial charge in [0.15, 0.2) is 6.29 Å². The van der Waals surface area contributed by atoms with Crippen molar-refractivity contribution in [2.24, 2.45) is 0 Å². The summed E-state index contributed by atoms with van der Waals surface area (Å²) < 4.78 is 18.4. The molecule has 0 saturated carbocycles. The van der Waals surface area contributed by atoms with Crippen molar-refractivity contribution < 1.29 is 23.5 Å². The normalized spacial score (nSPS) is 15.2. The number of carbonyl (C=O) groups is 1. The lowest BCUT2D eigenvalue weighted by Gasteiger charge is -2.33. The van der Waals surface area contributed by atoms with Gasteiger partial charge in [-0.15, -0.1) is 0 Å². The zero-order valence-electron chi connectivity index (χ0n) is 26.0. The van der Waals surface area contributed by atoms with E-state index in [4.69, 9.17) is 14.2 Å². The molecule has 6 heteroatoms. The molecule has 0 radical (unpaired) electrons. The molecule has 1 aromatic heterocycles. The van der Waals surface area contributed by atoms with Gasteiger partial charge in [0.2, 0.25) is 0 Å². The van der Waals surface area contributed by atoms with Crippen molar-refractivity contribution in [3.05, 3.63) is 23.0 Å². The molecule has 1 aliphatic heterocycles. The Balaban J connectivity index is 1.53. The van der Waals surface area contributed by atoms with Gasteiger partial charge in [0.1, 0.15) is 12.3 Å². The second-order valence-corrected chi connectivity index (χ2v) is 12.2. The number of unbranched alkanes of at least 4 members (excludes halogenated alkanes) is 12. The lowest BCUT2D eigenvalue weighted by molar-refractivity contribution is -0.903. The predicted molar refractivity (Wildman–Crippen MR) is 160 cm³/mol. The summed E-state index contributed by atoms with van der Waals surface area (Å²) >= 11 is 0. The third-order valence-electron chi connectivity index (χ3n) is 7.85. The van der Waals surface area contributed by atoms with Gasteiger partial charge in [-0.05, 0) is 13.3 Å². The van der Waals surface area contributed by atoms with E-state index in [0.29, 0.717) is 19.6 Å². The number of ether oxygens (including phenoxy) is 3. The van der Waals surface area contributed by atoms with Gasteiger partial charge in [-0.1, -0.05) is 97.3 Å². The van der Waals surface area contributed by atoms with Gasteiger partial charge in [-0.2, -0.15) is 0 Å². The molecule has 1 unspecified atom stereocenters. The fraction of sp³-hybridized carbons (Fsp3) is 0.818. The molecule has 0 amide bonds. The molecule has 1 aliphatic rings. The van der Waals surface area contributed by atoms with Gasteiger partial charge >= 0.3 is 5.97 Å². The minimum Gasteiger partial charge on any atom is -0.465 e. The topological polar surface area (TPSA) is 57.7 Å². The Morgan fingerprint density at radius 3 is 2.15 bits per heavy atom. The molecular weight excluding hydrogens is 488 g/mol. The van der Waals surface area contributed by atoms with Crippen molar-refractivity contribution in [1.82, 2.24) is 4.98 Å². The largest absolute Gasteiger partial charge is 0.465 e. The third-order valence-corrected chi connectivity index (χ3v) is 7.85. The Hall–Kier alpha value is -1.66. The Kier molecular flexibility index (Phi) is 16.7. The highest BCUT2D eigenvalue weighted by molar-refractivity contribution is 5.69. The maximum atomic E-state index is 12.2. The monoisotopic (exact) mass is 547 g/mol. The zero-order valence-corrected chi connectivity index (χ0v) is 26.0. The SMILES string of the molecule is CCCCCCCCCCCCCCCC(=O)OCCC[N+](C)(C)Cc1cnc(C)c2c1COC(CCC)O2. The van der Waals surface area contributed by atoms with Crippen LogP contribution in [0.4, 0.5) is 0 Å². The van der Waals surface area contributed by atoms with Gasteiger partial charge in [0.25, 0.3) is 0 Å². The molecule has 39 heavy (non-hydrogen) atoms. The van der Waals surface area contributed by atoms with E-state index in [1.807, 2.05) is 13.1 Å². The first-order chi connectivity index (χ1) is 18.9. The van der Waals surface area contributed by atoms with Crippen LogP contribution in [0.3, 0.4) is 0 Å². The number of esters is 1. The second kappa shape index (κ2) is 19.4. The quantitative estimate of drug-likeness (QED) is 0.0828. The molecule has 224 valence electrons. The molecule has 2 heterocycles. The van der Waals surface area contributed by atoms with Crippen LogP contribution in [0.25, 0.3) is 0 Å². The zero-order chi connectivity index (χ0) is 28.3. The van der Waals surface area contributed by atoms with Crippen LogP contribution in [0.15, 0.2) is 6.20 Å². The number of fused-ring (bicyclic) bond motifs is 1. The molecule has 0 aromatic carbocycles. The molecule has 0 saturated heterocycles. The summed E-state index contributed by atoms with van der Waals surface area (Å²) in [6.45, 7) is 9.26. The van der Waals surface area contributed by atoms with Gasteiger partial charge < -0.3 is 18.7 Å². The van der Waals surface area contributed by atoms with Gasteiger partial charge in [0.05, 0.1) is 39.5 Å². The first-order valence-electron chi connectivity index (χ1n) is 16.1. The van der Waals surface area contributed by atoms with Crippen LogP contribution in [-0.2, 0) is 27.4 Å². The van der Waals surface area contributed by atoms with E-state index >= 15 is 0 Å². The van der Waals surface area contributed by atoms with Gasteiger partial charge in [-0.3, -0.25) is 9.78 Å². The van der Waals surface area contributed by atoms with Crippen molar-refractivity contribution in [1.29, 1.82) is 0 Å². The number of hydrogen-bond acceptors (Lipinski definition) is 5. The summed E-state index contributed by atoms with van der Waals surface area (Å²) in [5.41, 5.74) is 3.24. The molecule has 0 fully saturated rings. The van der Waals surface area contributed by atoms with Crippen LogP contribution in [-0.4, -0.2) is 49.0 Å². The number of aromatic nitrogens is 1. The lowest BCUT2D eigenvalue weighted by atomic mass is 10.0. The van der Waals surface area contributed by atoms with Crippen LogP contribution in [0.5, 0.6) is 5.75 Å². The summed E-state index contributed by atoms with van der Waals surface area (Å²) in [7, 11) is 4.43. The molecule has 1 atom stereocenters. The molecule has 0 spiro atoms. The predicted octanol–water partition coefficient (Wildman–Crippen LogP) is 8.42. The number of carbonyl (C=O) groups excluding carboxylic acids is 1. The van der Waals surface area contributed by atoms with Crippen molar-refractivity contribution in [2.75, 3.05) is 27.2 Å². The maximum Gasteiger partial charge on any atom is 0.305 e. The standard InChI is InChI=1S/C33H59N2O4/c1-6-8-9-10-11-12-13-14-15-16-17-18-19-22-31(36)37-24-20-23-35(4,5)26-29-25-34-28(3)33-30(29)27-38-32(39-33)21-7-2/h25,32H,6-24,26-27H2,1-5H3/q+1. The molecule has 2 rings (SSSR count). The molecule has 0 aliphatic carbocycles. The number of hydrogen-bond donors (Lipinski definition) is 0. The fourth-order valence-corrected chi connectivity index (χ4v) is 5.42. The van der Waals surface area contributed by atoms with Crippen molar-refractivity contribution in [2.45, 2.75) is 149 Å². The van der Waals surface area contributed by atoms with Crippen molar-refractivity contribution in [3.8, 4) is 5.75 Å². The Morgan fingerprint density at radius 1 is 0.923 bits per heavy atom. The van der Waals surface area contributed by atoms with E-state index in [-0.39, 0.29) is 12.3 Å². The second-order valence-electron chi connectivity index (χ2n) is 12.2. The van der Waals surface area contributed by atoms with E-state index in [9.17, 15) is 4.79 Å². The molecule has 6 nitrogen and oxygen atoms in total. The highest BCUT2D eigenvalue weighted by Crippen LogP contribution is 2.33. The number of quaternary nitrogens is 1. The third kappa shape index (κ3) is 14.0. The Bertz CT molecular complexity index is 811. The Morgan fingerprint density at radius 2 is 1.54 bits per heavy atom. The highest BCUT2D eigenvalue weighted by Gasteiger charge is 2.27. The van der Waals surface area contributed by atoms with E-state index in [1.165, 1.54) is 76.2 Å². The summed E-state index contributed by atoms with van der Waals surface area (Å²) in [6, 6.07) is 0. The number of nitrogens with zero attached hydrogens (tertiary/aromatic N) is 2. The number of rotatable bonds is 22. The van der Waals surface area contributed by atoms with Crippen LogP contribution >= 0.6 is 0 Å². The fourth-order valence-electron chi connectivity index (χ4n) is 5.42. The molecule has 0 N–H and O–H groups in total. The van der Waals surface area contributed by atoms with Crippen LogP contribution < -0.4 is 4.74 Å². The summed E-state index contributed by atoms with van der Waals surface area (Å²) in [6.07, 6.45) is 22.2. The van der Waals surface area contributed by atoms with Crippen LogP contribution in [0.1, 0.15) is 140 Å². The first-order valence-corrected chi connectivity index (χ1v) is 16.1. The van der Waals surface area contributed by atoms with E-state index in [1.54, 1.807) is 0 Å². The lowest BCUT2D eigenvalue weighted by Crippen LogP contribution is -2.40. The van der Waals surface area contributed by atoms with Crippen LogP contribution in [0, 0.1) is 6.92 Å². The molecule has 1 aromatic rings. The summed E-state index contributed by atoms with van der Waals surface area (Å²) in [5.74, 6) is 0.857. The molecule has 0 bridgehead atoms. The van der Waals surface area contributed by atoms with E-state index < -0.39 is 0 Å². The minimum atomic E-state index is -0.171. The number of pyridine rings is 1. The average Bonchev–Trinajstić information content (AvgIpc) is 2.91. The first kappa shape index (κ1) is 33.5. The summed E-state index contributed by atoms with van der Waals surface area (Å²) in [4.78, 5) is 16.8. The van der Waals surface area contributed by atoms with E-state index in [0.717, 1.165) is 66.7 Å². The van der Waals surface area contributed by atoms with Crippen molar-refractivity contribution >= 4 is 5.97 Å². The Labute approximate surface area is 239 Å². The number of aryl methyl sites for hydroxylation is 1. The van der Waals surface area contributed by atoms with Crippen LogP contribution in [0.2, 0.25) is 0 Å². The van der Waals surface area contributed by atoms with E-state index in [2.05, 4.69) is 32.9 Å².